The zero-order valence-electron chi connectivity index (χ0n) is 8.14. The maximum atomic E-state index is 2.32. The molecule has 0 N–H and O–H groups in total. The van der Waals surface area contributed by atoms with Gasteiger partial charge < -0.3 is 24.8 Å². The molecule has 3 heteroatoms. The molecule has 1 aromatic rings. The number of rotatable bonds is 0. The van der Waals surface area contributed by atoms with Gasteiger partial charge in [0.05, 0.1) is 0 Å². The Bertz CT molecular complexity index is 359. The topological polar surface area (TPSA) is 0 Å². The van der Waals surface area contributed by atoms with E-state index < -0.39 is 0 Å². The Morgan fingerprint density at radius 3 is 2.21 bits per heavy atom. The van der Waals surface area contributed by atoms with Crippen LogP contribution >= 0.6 is 0 Å². The maximum absolute atomic E-state index is 2.32. The number of benzene rings is 1. The third-order valence-electron chi connectivity index (χ3n) is 2.49. The van der Waals surface area contributed by atoms with Gasteiger partial charge in [-0.3, -0.25) is 0 Å². The van der Waals surface area contributed by atoms with Gasteiger partial charge in [-0.05, 0) is 0 Å². The SMILES string of the molecule is Cc1ccc(C)c2c1C=C[CH]2[Zr+2].[Cl-].[Cl-]. The normalized spacial score (nSPS) is 17.0. The molecular formula is C11H11Cl2Zr. The van der Waals surface area contributed by atoms with Crippen LogP contribution in [0, 0.1) is 13.8 Å². The molecule has 0 fully saturated rings. The molecule has 73 valence electrons. The van der Waals surface area contributed by atoms with Gasteiger partial charge >= 0.3 is 88.7 Å². The van der Waals surface area contributed by atoms with Crippen LogP contribution in [0.3, 0.4) is 0 Å². The van der Waals surface area contributed by atoms with E-state index in [-0.39, 0.29) is 24.8 Å². The summed E-state index contributed by atoms with van der Waals surface area (Å²) < 4.78 is 0.701. The first-order valence-electron chi connectivity index (χ1n) is 4.19. The van der Waals surface area contributed by atoms with Gasteiger partial charge in [0.2, 0.25) is 0 Å². The zero-order valence-corrected chi connectivity index (χ0v) is 12.1. The van der Waals surface area contributed by atoms with E-state index in [2.05, 4.69) is 38.1 Å². The van der Waals surface area contributed by atoms with Crippen molar-refractivity contribution in [3.8, 4) is 0 Å². The van der Waals surface area contributed by atoms with Crippen molar-refractivity contribution in [3.05, 3.63) is 40.5 Å². The first-order valence-corrected chi connectivity index (χ1v) is 5.61. The molecule has 14 heavy (non-hydrogen) atoms. The summed E-state index contributed by atoms with van der Waals surface area (Å²) in [6.07, 6.45) is 4.60. The number of fused-ring (bicyclic) bond motifs is 1. The minimum atomic E-state index is 0. The van der Waals surface area contributed by atoms with Crippen molar-refractivity contribution >= 4 is 6.08 Å². The average Bonchev–Trinajstić information content (AvgIpc) is 2.42. The summed E-state index contributed by atoms with van der Waals surface area (Å²) in [4.78, 5) is 0. The van der Waals surface area contributed by atoms with Crippen LogP contribution in [0.2, 0.25) is 0 Å². The molecule has 0 radical (unpaired) electrons. The van der Waals surface area contributed by atoms with Gasteiger partial charge in [0.1, 0.15) is 0 Å². The third kappa shape index (κ3) is 2.32. The zero-order chi connectivity index (χ0) is 8.72. The molecule has 0 heterocycles. The van der Waals surface area contributed by atoms with E-state index in [0.717, 1.165) is 0 Å². The molecule has 0 saturated carbocycles. The summed E-state index contributed by atoms with van der Waals surface area (Å²) in [5.74, 6) is 0. The molecule has 0 saturated heterocycles. The van der Waals surface area contributed by atoms with E-state index in [9.17, 15) is 0 Å². The second-order valence-electron chi connectivity index (χ2n) is 3.36. The Morgan fingerprint density at radius 2 is 1.64 bits per heavy atom. The van der Waals surface area contributed by atoms with Crippen LogP contribution in [-0.4, -0.2) is 0 Å². The molecule has 1 aliphatic carbocycles. The van der Waals surface area contributed by atoms with Crippen molar-refractivity contribution in [2.75, 3.05) is 0 Å². The standard InChI is InChI=1S/C11H11.2ClH.Zr/c1-8-6-7-9(2)11-5-3-4-10(8)11;;;/h3-7H,1-2H3;2*1H;/q;;;+2/p-2. The van der Waals surface area contributed by atoms with Crippen molar-refractivity contribution in [1.29, 1.82) is 0 Å². The number of aryl methyl sites for hydroxylation is 2. The van der Waals surface area contributed by atoms with Crippen LogP contribution in [0.5, 0.6) is 0 Å². The minimum absolute atomic E-state index is 0. The summed E-state index contributed by atoms with van der Waals surface area (Å²) >= 11 is 1.60. The molecule has 1 aromatic carbocycles. The first kappa shape index (κ1) is 14.4. The van der Waals surface area contributed by atoms with Crippen molar-refractivity contribution in [2.24, 2.45) is 0 Å². The molecule has 0 aliphatic heterocycles. The van der Waals surface area contributed by atoms with Crippen LogP contribution in [0.1, 0.15) is 25.9 Å². The molecule has 1 aliphatic rings. The Kier molecular flexibility index (Phi) is 5.66. The molecule has 1 unspecified atom stereocenters. The second-order valence-corrected chi connectivity index (χ2v) is 4.89. The van der Waals surface area contributed by atoms with Crippen molar-refractivity contribution < 1.29 is 49.5 Å². The molecule has 2 rings (SSSR count). The van der Waals surface area contributed by atoms with E-state index >= 15 is 0 Å². The monoisotopic (exact) mass is 303 g/mol. The Morgan fingerprint density at radius 1 is 1.07 bits per heavy atom. The molecular weight excluding hydrogens is 294 g/mol. The summed E-state index contributed by atoms with van der Waals surface area (Å²) in [5, 5.41) is 0. The van der Waals surface area contributed by atoms with Gasteiger partial charge in [0.25, 0.3) is 0 Å². The molecule has 0 spiro atoms. The van der Waals surface area contributed by atoms with Gasteiger partial charge in [-0.15, -0.1) is 0 Å². The van der Waals surface area contributed by atoms with Crippen LogP contribution in [0.25, 0.3) is 6.08 Å². The van der Waals surface area contributed by atoms with E-state index in [4.69, 9.17) is 0 Å². The molecule has 0 bridgehead atoms. The van der Waals surface area contributed by atoms with Crippen molar-refractivity contribution in [1.82, 2.24) is 0 Å². The summed E-state index contributed by atoms with van der Waals surface area (Å²) in [6.45, 7) is 4.40. The average molecular weight is 305 g/mol. The summed E-state index contributed by atoms with van der Waals surface area (Å²) in [7, 11) is 0. The largest absolute Gasteiger partial charge is 1.00 e. The maximum Gasteiger partial charge on any atom is -1.00 e. The number of allylic oxidation sites excluding steroid dienone is 1. The predicted octanol–water partition coefficient (Wildman–Crippen LogP) is -3.07. The van der Waals surface area contributed by atoms with E-state index in [1.165, 1.54) is 16.7 Å². The summed E-state index contributed by atoms with van der Waals surface area (Å²) in [5.41, 5.74) is 5.89. The van der Waals surface area contributed by atoms with Crippen molar-refractivity contribution in [2.45, 2.75) is 17.5 Å². The van der Waals surface area contributed by atoms with Crippen LogP contribution in [-0.2, 0) is 24.7 Å². The third-order valence-corrected chi connectivity index (χ3v) is 3.67. The fourth-order valence-electron chi connectivity index (χ4n) is 1.78. The van der Waals surface area contributed by atoms with Gasteiger partial charge in [-0.2, -0.15) is 0 Å². The molecule has 1 atom stereocenters. The molecule has 0 amide bonds. The second kappa shape index (κ2) is 5.49. The Balaban J connectivity index is 0.000000845. The Hall–Kier alpha value is 0.423. The smallest absolute Gasteiger partial charge is 1.00 e. The quantitative estimate of drug-likeness (QED) is 0.477. The van der Waals surface area contributed by atoms with Gasteiger partial charge in [-0.1, -0.05) is 0 Å². The summed E-state index contributed by atoms with van der Waals surface area (Å²) in [6, 6.07) is 4.45. The van der Waals surface area contributed by atoms with Gasteiger partial charge in [0.15, 0.2) is 0 Å². The number of hydrogen-bond donors (Lipinski definition) is 0. The molecule has 0 nitrogen and oxygen atoms in total. The van der Waals surface area contributed by atoms with E-state index in [1.807, 2.05) is 0 Å². The van der Waals surface area contributed by atoms with E-state index in [0.29, 0.717) is 3.63 Å². The number of hydrogen-bond acceptors (Lipinski definition) is 0. The van der Waals surface area contributed by atoms with Gasteiger partial charge in [0, 0.05) is 0 Å². The van der Waals surface area contributed by atoms with Gasteiger partial charge in [-0.25, -0.2) is 0 Å². The van der Waals surface area contributed by atoms with Crippen LogP contribution < -0.4 is 24.8 Å². The first-order chi connectivity index (χ1) is 5.70. The predicted molar refractivity (Wildman–Crippen MR) is 47.7 cm³/mol. The van der Waals surface area contributed by atoms with Crippen LogP contribution in [0.15, 0.2) is 18.2 Å². The molecule has 0 aromatic heterocycles. The minimum Gasteiger partial charge on any atom is -1.00 e. The Labute approximate surface area is 113 Å². The van der Waals surface area contributed by atoms with Crippen LogP contribution in [0.4, 0.5) is 0 Å². The fraction of sp³-hybridized carbons (Fsp3) is 0.273. The number of halogens is 2. The van der Waals surface area contributed by atoms with E-state index in [1.54, 1.807) is 30.3 Å². The fourth-order valence-corrected chi connectivity index (χ4v) is 2.96. The van der Waals surface area contributed by atoms with Crippen molar-refractivity contribution in [3.63, 3.8) is 0 Å².